The number of nitrogens with zero attached hydrogens (tertiary/aromatic N) is 3. The molecular formula is C59H39N3. The highest BCUT2D eigenvalue weighted by molar-refractivity contribution is 5.96. The van der Waals surface area contributed by atoms with Crippen LogP contribution in [0.1, 0.15) is 33.4 Å². The van der Waals surface area contributed by atoms with E-state index in [0.717, 1.165) is 28.7 Å². The van der Waals surface area contributed by atoms with Crippen molar-refractivity contribution in [3.8, 4) is 78.7 Å². The molecule has 9 aromatic carbocycles. The van der Waals surface area contributed by atoms with Gasteiger partial charge in [0.05, 0.1) is 5.41 Å². The molecule has 0 amide bonds. The van der Waals surface area contributed by atoms with Crippen molar-refractivity contribution >= 4 is 0 Å². The smallest absolute Gasteiger partial charge is 0.164 e. The number of aromatic nitrogens is 3. The van der Waals surface area contributed by atoms with Crippen LogP contribution in [0.15, 0.2) is 224 Å². The summed E-state index contributed by atoms with van der Waals surface area (Å²) in [5.41, 5.74) is 20.1. The van der Waals surface area contributed by atoms with Crippen molar-refractivity contribution in [2.45, 2.75) is 11.8 Å². The van der Waals surface area contributed by atoms with E-state index in [-0.39, 0.29) is 0 Å². The zero-order chi connectivity index (χ0) is 41.0. The van der Waals surface area contributed by atoms with Crippen molar-refractivity contribution < 1.29 is 0 Å². The quantitative estimate of drug-likeness (QED) is 0.161. The molecule has 1 aromatic heterocycles. The summed E-state index contributed by atoms with van der Waals surface area (Å²) in [4.78, 5) is 15.4. The van der Waals surface area contributed by atoms with E-state index in [9.17, 15) is 0 Å². The van der Waals surface area contributed by atoms with Gasteiger partial charge in [0.2, 0.25) is 0 Å². The number of hydrogen-bond donors (Lipinski definition) is 0. The lowest BCUT2D eigenvalue weighted by Gasteiger charge is -2.34. The summed E-state index contributed by atoms with van der Waals surface area (Å²) in [5.74, 6) is 1.92. The van der Waals surface area contributed by atoms with Gasteiger partial charge in [0.25, 0.3) is 0 Å². The third-order valence-corrected chi connectivity index (χ3v) is 12.9. The van der Waals surface area contributed by atoms with Gasteiger partial charge in [0.1, 0.15) is 0 Å². The first-order valence-corrected chi connectivity index (χ1v) is 21.3. The fourth-order valence-electron chi connectivity index (χ4n) is 10.1. The highest BCUT2D eigenvalue weighted by Crippen LogP contribution is 2.58. The standard InChI is InChI=1S/C59H39N3/c1-4-17-40(18-5-1)56-60-57(41-35-33-39(34-36-41)47-28-15-30-50-48-26-11-10-19-43(48)38-52(47)50)62-58(61-56)44-21-14-20-42(37-44)49-29-16-32-54-55(49)51-27-12-13-31-53(51)59(54,45-22-6-2-7-23-45)46-24-8-3-9-25-46/h1-37H,38H2. The lowest BCUT2D eigenvalue weighted by molar-refractivity contribution is 0.768. The van der Waals surface area contributed by atoms with E-state index < -0.39 is 5.41 Å². The van der Waals surface area contributed by atoms with Crippen LogP contribution in [0.5, 0.6) is 0 Å². The minimum atomic E-state index is -0.475. The Balaban J connectivity index is 0.977. The maximum absolute atomic E-state index is 5.21. The molecule has 0 bridgehead atoms. The molecule has 2 aliphatic carbocycles. The van der Waals surface area contributed by atoms with Crippen LogP contribution in [0.25, 0.3) is 78.7 Å². The van der Waals surface area contributed by atoms with Gasteiger partial charge in [-0.1, -0.05) is 218 Å². The van der Waals surface area contributed by atoms with E-state index in [0.29, 0.717) is 17.5 Å². The van der Waals surface area contributed by atoms with Gasteiger partial charge in [-0.25, -0.2) is 15.0 Å². The van der Waals surface area contributed by atoms with Crippen molar-refractivity contribution in [3.63, 3.8) is 0 Å². The van der Waals surface area contributed by atoms with Crippen molar-refractivity contribution in [2.75, 3.05) is 0 Å². The fourth-order valence-corrected chi connectivity index (χ4v) is 10.1. The second-order valence-corrected chi connectivity index (χ2v) is 16.3. The largest absolute Gasteiger partial charge is 0.208 e. The van der Waals surface area contributed by atoms with Crippen LogP contribution >= 0.6 is 0 Å². The van der Waals surface area contributed by atoms with Crippen LogP contribution in [0.2, 0.25) is 0 Å². The van der Waals surface area contributed by atoms with E-state index in [1.807, 2.05) is 18.2 Å². The summed E-state index contributed by atoms with van der Waals surface area (Å²) in [6.07, 6.45) is 0.943. The summed E-state index contributed by atoms with van der Waals surface area (Å²) >= 11 is 0. The van der Waals surface area contributed by atoms with Crippen molar-refractivity contribution in [1.29, 1.82) is 0 Å². The molecule has 2 aliphatic rings. The lowest BCUT2D eigenvalue weighted by Crippen LogP contribution is -2.28. The van der Waals surface area contributed by atoms with Gasteiger partial charge >= 0.3 is 0 Å². The molecular weight excluding hydrogens is 751 g/mol. The van der Waals surface area contributed by atoms with Gasteiger partial charge in [-0.05, 0) is 90.4 Å². The summed E-state index contributed by atoms with van der Waals surface area (Å²) in [5, 5.41) is 0. The molecule has 0 fully saturated rings. The van der Waals surface area contributed by atoms with Gasteiger partial charge < -0.3 is 0 Å². The molecule has 10 aromatic rings. The van der Waals surface area contributed by atoms with Gasteiger partial charge in [0, 0.05) is 16.7 Å². The van der Waals surface area contributed by atoms with E-state index in [2.05, 4.69) is 206 Å². The first-order valence-electron chi connectivity index (χ1n) is 21.3. The van der Waals surface area contributed by atoms with Gasteiger partial charge in [-0.2, -0.15) is 0 Å². The highest BCUT2D eigenvalue weighted by Gasteiger charge is 2.46. The topological polar surface area (TPSA) is 38.7 Å². The predicted molar refractivity (Wildman–Crippen MR) is 253 cm³/mol. The number of fused-ring (bicyclic) bond motifs is 6. The first kappa shape index (κ1) is 35.9. The Morgan fingerprint density at radius 1 is 0.306 bits per heavy atom. The Bertz CT molecular complexity index is 3260. The van der Waals surface area contributed by atoms with E-state index in [4.69, 9.17) is 15.0 Å². The predicted octanol–water partition coefficient (Wildman–Crippen LogP) is 14.1. The third-order valence-electron chi connectivity index (χ3n) is 12.9. The van der Waals surface area contributed by atoms with Gasteiger partial charge in [0.15, 0.2) is 17.5 Å². The third kappa shape index (κ3) is 5.70. The van der Waals surface area contributed by atoms with Crippen LogP contribution in [0, 0.1) is 0 Å². The molecule has 3 heteroatoms. The van der Waals surface area contributed by atoms with Crippen LogP contribution in [0.4, 0.5) is 0 Å². The molecule has 0 aliphatic heterocycles. The molecule has 12 rings (SSSR count). The normalized spacial score (nSPS) is 12.9. The fraction of sp³-hybridized carbons (Fsp3) is 0.0339. The van der Waals surface area contributed by atoms with Crippen molar-refractivity contribution in [3.05, 3.63) is 258 Å². The lowest BCUT2D eigenvalue weighted by atomic mass is 9.67. The highest BCUT2D eigenvalue weighted by atomic mass is 15.0. The SMILES string of the molecule is c1ccc(-c2nc(-c3ccc(-c4cccc5c4Cc4ccccc4-5)cc3)nc(-c3cccc(-c4cccc5c4-c4ccccc4C5(c4ccccc4)c4ccccc4)c3)n2)cc1. The van der Waals surface area contributed by atoms with Crippen molar-refractivity contribution in [2.24, 2.45) is 0 Å². The van der Waals surface area contributed by atoms with Gasteiger partial charge in [-0.15, -0.1) is 0 Å². The zero-order valence-electron chi connectivity index (χ0n) is 33.9. The monoisotopic (exact) mass is 789 g/mol. The van der Waals surface area contributed by atoms with E-state index in [1.54, 1.807) is 0 Å². The minimum absolute atomic E-state index is 0.475. The van der Waals surface area contributed by atoms with E-state index in [1.165, 1.54) is 72.3 Å². The molecule has 0 N–H and O–H groups in total. The molecule has 0 saturated heterocycles. The molecule has 290 valence electrons. The second-order valence-electron chi connectivity index (χ2n) is 16.3. The summed E-state index contributed by atoms with van der Waals surface area (Å²) in [6.45, 7) is 0. The molecule has 62 heavy (non-hydrogen) atoms. The average molecular weight is 790 g/mol. The molecule has 0 unspecified atom stereocenters. The molecule has 3 nitrogen and oxygen atoms in total. The number of benzene rings is 9. The van der Waals surface area contributed by atoms with Crippen LogP contribution in [-0.4, -0.2) is 15.0 Å². The van der Waals surface area contributed by atoms with E-state index >= 15 is 0 Å². The Hall–Kier alpha value is -8.01. The van der Waals surface area contributed by atoms with Crippen molar-refractivity contribution in [1.82, 2.24) is 15.0 Å². The summed E-state index contributed by atoms with van der Waals surface area (Å²) in [6, 6.07) is 80.7. The van der Waals surface area contributed by atoms with Crippen LogP contribution < -0.4 is 0 Å². The average Bonchev–Trinajstić information content (AvgIpc) is 3.89. The number of hydrogen-bond acceptors (Lipinski definition) is 3. The molecule has 0 spiro atoms. The summed E-state index contributed by atoms with van der Waals surface area (Å²) < 4.78 is 0. The zero-order valence-corrected chi connectivity index (χ0v) is 33.9. The molecule has 1 heterocycles. The second kappa shape index (κ2) is 14.6. The van der Waals surface area contributed by atoms with Crippen LogP contribution in [-0.2, 0) is 11.8 Å². The Labute approximate surface area is 361 Å². The minimum Gasteiger partial charge on any atom is -0.208 e. The Morgan fingerprint density at radius 2 is 0.774 bits per heavy atom. The maximum atomic E-state index is 5.21. The number of rotatable bonds is 7. The Morgan fingerprint density at radius 3 is 1.50 bits per heavy atom. The maximum Gasteiger partial charge on any atom is 0.164 e. The summed E-state index contributed by atoms with van der Waals surface area (Å²) in [7, 11) is 0. The molecule has 0 atom stereocenters. The molecule has 0 radical (unpaired) electrons. The Kier molecular flexibility index (Phi) is 8.46. The van der Waals surface area contributed by atoms with Gasteiger partial charge in [-0.3, -0.25) is 0 Å². The molecule has 0 saturated carbocycles. The van der Waals surface area contributed by atoms with Crippen LogP contribution in [0.3, 0.4) is 0 Å². The first-order chi connectivity index (χ1) is 30.7.